The molecule has 12 heavy (non-hydrogen) atoms. The molecule has 0 fully saturated rings. The number of hydrogen-bond acceptors (Lipinski definition) is 1. The first-order valence-corrected chi connectivity index (χ1v) is 4.08. The molecule has 0 spiro atoms. The first-order chi connectivity index (χ1) is 5.70. The van der Waals surface area contributed by atoms with Crippen LogP contribution in [0, 0.1) is 5.82 Å². The zero-order chi connectivity index (χ0) is 8.72. The summed E-state index contributed by atoms with van der Waals surface area (Å²) >= 11 is 5.75. The van der Waals surface area contributed by atoms with Crippen LogP contribution in [-0.2, 0) is 6.42 Å². The van der Waals surface area contributed by atoms with Gasteiger partial charge in [-0.25, -0.2) is 4.39 Å². The molecule has 0 radical (unpaired) electrons. The number of benzene rings is 1. The largest absolute Gasteiger partial charge is 0.294 e. The monoisotopic (exact) mass is 184 g/mol. The molecule has 0 bridgehead atoms. The highest BCUT2D eigenvalue weighted by Gasteiger charge is 2.24. The van der Waals surface area contributed by atoms with Gasteiger partial charge in [0.15, 0.2) is 5.78 Å². The normalized spacial score (nSPS) is 15.0. The van der Waals surface area contributed by atoms with Crippen molar-refractivity contribution in [1.29, 1.82) is 0 Å². The molecule has 1 aromatic carbocycles. The zero-order valence-electron chi connectivity index (χ0n) is 6.23. The van der Waals surface area contributed by atoms with E-state index in [4.69, 9.17) is 11.6 Å². The number of carbonyl (C=O) groups excluding carboxylic acids is 1. The Balaban J connectivity index is 2.72. The fourth-order valence-electron chi connectivity index (χ4n) is 1.50. The third kappa shape index (κ3) is 0.950. The molecule has 0 amide bonds. The molecule has 2 rings (SSSR count). The summed E-state index contributed by atoms with van der Waals surface area (Å²) in [5, 5.41) is 0.369. The maximum atomic E-state index is 13.0. The van der Waals surface area contributed by atoms with Crippen molar-refractivity contribution >= 4 is 17.4 Å². The van der Waals surface area contributed by atoms with E-state index in [-0.39, 0.29) is 11.6 Å². The fraction of sp³-hybridized carbons (Fsp3) is 0.222. The lowest BCUT2D eigenvalue weighted by Crippen LogP contribution is -1.94. The van der Waals surface area contributed by atoms with E-state index in [1.54, 1.807) is 0 Å². The molecule has 62 valence electrons. The molecule has 1 aliphatic carbocycles. The Kier molecular flexibility index (Phi) is 1.65. The van der Waals surface area contributed by atoms with Crippen molar-refractivity contribution in [3.8, 4) is 0 Å². The highest BCUT2D eigenvalue weighted by atomic mass is 35.5. The molecule has 1 aliphatic rings. The average Bonchev–Trinajstić information content (AvgIpc) is 2.42. The van der Waals surface area contributed by atoms with E-state index in [2.05, 4.69) is 0 Å². The fourth-order valence-corrected chi connectivity index (χ4v) is 1.79. The molecule has 1 nitrogen and oxygen atoms in total. The Morgan fingerprint density at radius 2 is 2.08 bits per heavy atom. The summed E-state index contributed by atoms with van der Waals surface area (Å²) in [6.07, 6.45) is 0.872. The van der Waals surface area contributed by atoms with Gasteiger partial charge >= 0.3 is 0 Å². The molecule has 0 aromatic heterocycles. The number of hydrogen-bond donors (Lipinski definition) is 0. The van der Waals surface area contributed by atoms with Crippen molar-refractivity contribution in [2.45, 2.75) is 12.8 Å². The maximum absolute atomic E-state index is 13.0. The quantitative estimate of drug-likeness (QED) is 0.606. The van der Waals surface area contributed by atoms with Gasteiger partial charge in [0.05, 0.1) is 5.02 Å². The molecule has 1 aromatic rings. The first kappa shape index (κ1) is 7.74. The lowest BCUT2D eigenvalue weighted by Gasteiger charge is -2.00. The number of carbonyl (C=O) groups is 1. The van der Waals surface area contributed by atoms with Gasteiger partial charge in [-0.15, -0.1) is 0 Å². The van der Waals surface area contributed by atoms with Crippen molar-refractivity contribution in [3.05, 3.63) is 34.1 Å². The van der Waals surface area contributed by atoms with Gasteiger partial charge in [-0.3, -0.25) is 4.79 Å². The van der Waals surface area contributed by atoms with Gasteiger partial charge in [0.25, 0.3) is 0 Å². The van der Waals surface area contributed by atoms with Crippen LogP contribution in [0.3, 0.4) is 0 Å². The summed E-state index contributed by atoms with van der Waals surface area (Å²) in [5.74, 6) is -0.366. The predicted octanol–water partition coefficient (Wildman–Crippen LogP) is 2.61. The van der Waals surface area contributed by atoms with Crippen LogP contribution >= 0.6 is 11.6 Å². The first-order valence-electron chi connectivity index (χ1n) is 3.70. The van der Waals surface area contributed by atoms with E-state index < -0.39 is 0 Å². The van der Waals surface area contributed by atoms with Gasteiger partial charge in [0, 0.05) is 17.5 Å². The van der Waals surface area contributed by atoms with Gasteiger partial charge in [-0.2, -0.15) is 0 Å². The molecule has 0 atom stereocenters. The van der Waals surface area contributed by atoms with E-state index in [0.29, 0.717) is 29.0 Å². The van der Waals surface area contributed by atoms with E-state index in [1.165, 1.54) is 12.1 Å². The van der Waals surface area contributed by atoms with Crippen molar-refractivity contribution < 1.29 is 9.18 Å². The van der Waals surface area contributed by atoms with Crippen LogP contribution in [0.4, 0.5) is 4.39 Å². The van der Waals surface area contributed by atoms with Crippen LogP contribution in [-0.4, -0.2) is 5.78 Å². The Bertz CT molecular complexity index is 360. The molecular weight excluding hydrogens is 179 g/mol. The minimum atomic E-state index is -0.319. The minimum absolute atomic E-state index is 0.0468. The van der Waals surface area contributed by atoms with Crippen molar-refractivity contribution in [3.63, 3.8) is 0 Å². The SMILES string of the molecule is O=C1CCc2c(F)ccc(Cl)c21. The molecule has 0 N–H and O–H groups in total. The van der Waals surface area contributed by atoms with Gasteiger partial charge in [-0.1, -0.05) is 11.6 Å². The second kappa shape index (κ2) is 2.56. The molecule has 0 saturated carbocycles. The molecule has 0 saturated heterocycles. The van der Waals surface area contributed by atoms with E-state index in [1.807, 2.05) is 0 Å². The van der Waals surface area contributed by atoms with Gasteiger partial charge in [0.2, 0.25) is 0 Å². The zero-order valence-corrected chi connectivity index (χ0v) is 6.99. The molecule has 0 unspecified atom stereocenters. The van der Waals surface area contributed by atoms with Crippen LogP contribution in [0.1, 0.15) is 22.3 Å². The lowest BCUT2D eigenvalue weighted by atomic mass is 10.1. The number of halogens is 2. The van der Waals surface area contributed by atoms with E-state index >= 15 is 0 Å². The smallest absolute Gasteiger partial charge is 0.165 e. The Morgan fingerprint density at radius 1 is 1.33 bits per heavy atom. The van der Waals surface area contributed by atoms with Crippen molar-refractivity contribution in [2.75, 3.05) is 0 Å². The predicted molar refractivity (Wildman–Crippen MR) is 44.1 cm³/mol. The summed E-state index contributed by atoms with van der Waals surface area (Å²) in [6.45, 7) is 0. The molecule has 0 aliphatic heterocycles. The molecule has 3 heteroatoms. The highest BCUT2D eigenvalue weighted by Crippen LogP contribution is 2.30. The van der Waals surface area contributed by atoms with Gasteiger partial charge < -0.3 is 0 Å². The van der Waals surface area contributed by atoms with Crippen LogP contribution in [0.2, 0.25) is 5.02 Å². The number of ketones is 1. The lowest BCUT2D eigenvalue weighted by molar-refractivity contribution is 0.0994. The third-order valence-corrected chi connectivity index (χ3v) is 2.40. The third-order valence-electron chi connectivity index (χ3n) is 2.09. The van der Waals surface area contributed by atoms with E-state index in [9.17, 15) is 9.18 Å². The van der Waals surface area contributed by atoms with Crippen LogP contribution in [0.15, 0.2) is 12.1 Å². The summed E-state index contributed by atoms with van der Waals surface area (Å²) in [6, 6.07) is 2.73. The van der Waals surface area contributed by atoms with Gasteiger partial charge in [-0.05, 0) is 18.6 Å². The average molecular weight is 185 g/mol. The minimum Gasteiger partial charge on any atom is -0.294 e. The Morgan fingerprint density at radius 3 is 2.75 bits per heavy atom. The summed E-state index contributed by atoms with van der Waals surface area (Å²) in [7, 11) is 0. The van der Waals surface area contributed by atoms with Crippen molar-refractivity contribution in [2.24, 2.45) is 0 Å². The topological polar surface area (TPSA) is 17.1 Å². The summed E-state index contributed by atoms with van der Waals surface area (Å²) < 4.78 is 13.0. The van der Waals surface area contributed by atoms with Crippen LogP contribution in [0.25, 0.3) is 0 Å². The molecule has 0 heterocycles. The standard InChI is InChI=1S/C9H6ClFO/c10-6-2-3-7(11)5-1-4-8(12)9(5)6/h2-3H,1,4H2. The van der Waals surface area contributed by atoms with Crippen molar-refractivity contribution in [1.82, 2.24) is 0 Å². The summed E-state index contributed by atoms with van der Waals surface area (Å²) in [4.78, 5) is 11.2. The number of fused-ring (bicyclic) bond motifs is 1. The summed E-state index contributed by atoms with van der Waals surface area (Å²) in [5.41, 5.74) is 0.865. The maximum Gasteiger partial charge on any atom is 0.165 e. The van der Waals surface area contributed by atoms with Gasteiger partial charge in [0.1, 0.15) is 5.82 Å². The molecular formula is C9H6ClFO. The Labute approximate surface area is 74.2 Å². The second-order valence-electron chi connectivity index (χ2n) is 2.81. The number of rotatable bonds is 0. The van der Waals surface area contributed by atoms with Crippen LogP contribution < -0.4 is 0 Å². The van der Waals surface area contributed by atoms with E-state index in [0.717, 1.165) is 0 Å². The van der Waals surface area contributed by atoms with Crippen LogP contribution in [0.5, 0.6) is 0 Å². The highest BCUT2D eigenvalue weighted by molar-refractivity contribution is 6.34. The number of Topliss-reactive ketones (excluding diaryl/α,β-unsaturated/α-hetero) is 1. The Hall–Kier alpha value is -0.890. The second-order valence-corrected chi connectivity index (χ2v) is 3.21.